The van der Waals surface area contributed by atoms with Crippen molar-refractivity contribution in [2.45, 2.75) is 12.5 Å². The maximum atomic E-state index is 11.3. The predicted molar refractivity (Wildman–Crippen MR) is 57.3 cm³/mol. The van der Waals surface area contributed by atoms with E-state index in [0.717, 1.165) is 5.56 Å². The van der Waals surface area contributed by atoms with E-state index in [-0.39, 0.29) is 11.6 Å². The normalized spacial score (nSPS) is 18.7. The van der Waals surface area contributed by atoms with Gasteiger partial charge in [-0.1, -0.05) is 12.1 Å². The van der Waals surface area contributed by atoms with E-state index >= 15 is 0 Å². The van der Waals surface area contributed by atoms with E-state index in [2.05, 4.69) is 10.6 Å². The van der Waals surface area contributed by atoms with Crippen LogP contribution in [0.3, 0.4) is 0 Å². The number of carbonyl (C=O) groups excluding carboxylic acids is 2. The number of amides is 3. The molecule has 0 radical (unpaired) electrons. The Kier molecular flexibility index (Phi) is 2.73. The molecule has 1 atom stereocenters. The first-order valence-corrected chi connectivity index (χ1v) is 4.91. The van der Waals surface area contributed by atoms with Gasteiger partial charge in [-0.2, -0.15) is 0 Å². The van der Waals surface area contributed by atoms with Crippen LogP contribution < -0.4 is 10.6 Å². The van der Waals surface area contributed by atoms with E-state index in [1.807, 2.05) is 0 Å². The summed E-state index contributed by atoms with van der Waals surface area (Å²) in [6, 6.07) is 4.74. The number of hydrogen-bond donors (Lipinski definition) is 2. The average molecular weight is 235 g/mol. The second-order valence-electron chi connectivity index (χ2n) is 3.64. The minimum atomic E-state index is -0.607. The number of hydrogen-bond acceptors (Lipinski definition) is 4. The molecule has 1 aliphatic rings. The van der Waals surface area contributed by atoms with Gasteiger partial charge in [0.2, 0.25) is 0 Å². The van der Waals surface area contributed by atoms with Crippen molar-refractivity contribution in [1.29, 1.82) is 0 Å². The van der Waals surface area contributed by atoms with Crippen molar-refractivity contribution in [2.24, 2.45) is 0 Å². The zero-order valence-electron chi connectivity index (χ0n) is 8.67. The van der Waals surface area contributed by atoms with Gasteiger partial charge in [-0.3, -0.25) is 20.2 Å². The maximum absolute atomic E-state index is 11.3. The Morgan fingerprint density at radius 3 is 2.35 bits per heavy atom. The van der Waals surface area contributed by atoms with Gasteiger partial charge in [-0.25, -0.2) is 4.79 Å². The van der Waals surface area contributed by atoms with Gasteiger partial charge in [0, 0.05) is 18.6 Å². The van der Waals surface area contributed by atoms with E-state index in [1.165, 1.54) is 12.1 Å². The smallest absolute Gasteiger partial charge is 0.322 e. The van der Waals surface area contributed by atoms with Gasteiger partial charge < -0.3 is 5.32 Å². The van der Waals surface area contributed by atoms with Crippen molar-refractivity contribution < 1.29 is 14.5 Å². The Hall–Kier alpha value is -2.44. The first-order valence-electron chi connectivity index (χ1n) is 4.91. The number of nitrogens with one attached hydrogen (secondary N) is 2. The molecule has 2 N–H and O–H groups in total. The Labute approximate surface area is 96.0 Å². The minimum absolute atomic E-state index is 0.00587. The highest BCUT2D eigenvalue weighted by Crippen LogP contribution is 2.13. The molecule has 0 aliphatic carbocycles. The van der Waals surface area contributed by atoms with Gasteiger partial charge in [0.1, 0.15) is 6.04 Å². The summed E-state index contributed by atoms with van der Waals surface area (Å²) >= 11 is 0. The van der Waals surface area contributed by atoms with E-state index in [9.17, 15) is 19.7 Å². The standard InChI is InChI=1S/C10H9N3O4/c14-9-8(11-10(15)12-9)5-6-1-3-7(4-2-6)13(16)17/h1-4,8H,5H2,(H2,11,12,14,15)/t8-/m0/s1. The van der Waals surface area contributed by atoms with E-state index < -0.39 is 17.0 Å². The first kappa shape index (κ1) is 11.1. The number of nitrogens with zero attached hydrogens (tertiary/aromatic N) is 1. The van der Waals surface area contributed by atoms with Crippen molar-refractivity contribution >= 4 is 17.6 Å². The minimum Gasteiger partial charge on any atom is -0.326 e. The maximum Gasteiger partial charge on any atom is 0.322 e. The van der Waals surface area contributed by atoms with Crippen LogP contribution in [-0.4, -0.2) is 22.9 Å². The molecule has 0 spiro atoms. The third-order valence-corrected chi connectivity index (χ3v) is 2.45. The van der Waals surface area contributed by atoms with Gasteiger partial charge in [0.25, 0.3) is 11.6 Å². The highest BCUT2D eigenvalue weighted by Gasteiger charge is 2.29. The zero-order chi connectivity index (χ0) is 12.4. The summed E-state index contributed by atoms with van der Waals surface area (Å²) < 4.78 is 0. The molecule has 0 saturated carbocycles. The summed E-state index contributed by atoms with van der Waals surface area (Å²) in [6.07, 6.45) is 0.315. The summed E-state index contributed by atoms with van der Waals surface area (Å²) in [5, 5.41) is 15.0. The number of benzene rings is 1. The van der Waals surface area contributed by atoms with E-state index in [4.69, 9.17) is 0 Å². The van der Waals surface area contributed by atoms with Crippen LogP contribution in [0.1, 0.15) is 5.56 Å². The molecule has 1 fully saturated rings. The summed E-state index contributed by atoms with van der Waals surface area (Å²) in [7, 11) is 0. The molecule has 2 rings (SSSR count). The second-order valence-corrected chi connectivity index (χ2v) is 3.64. The highest BCUT2D eigenvalue weighted by molar-refractivity contribution is 6.04. The van der Waals surface area contributed by atoms with Crippen molar-refractivity contribution in [1.82, 2.24) is 10.6 Å². The second kappa shape index (κ2) is 4.20. The lowest BCUT2D eigenvalue weighted by atomic mass is 10.1. The molecule has 1 aromatic carbocycles. The Balaban J connectivity index is 2.07. The molecule has 0 bridgehead atoms. The molecular formula is C10H9N3O4. The van der Waals surface area contributed by atoms with Gasteiger partial charge in [0.15, 0.2) is 0 Å². The molecule has 17 heavy (non-hydrogen) atoms. The van der Waals surface area contributed by atoms with Gasteiger partial charge >= 0.3 is 6.03 Å². The fourth-order valence-electron chi connectivity index (χ4n) is 1.59. The number of nitro groups is 1. The quantitative estimate of drug-likeness (QED) is 0.448. The highest BCUT2D eigenvalue weighted by atomic mass is 16.6. The van der Waals surface area contributed by atoms with Crippen LogP contribution in [0.4, 0.5) is 10.5 Å². The van der Waals surface area contributed by atoms with Crippen LogP contribution in [0.2, 0.25) is 0 Å². The summed E-state index contributed by atoms with van der Waals surface area (Å²) in [5.41, 5.74) is 0.742. The molecule has 7 nitrogen and oxygen atoms in total. The average Bonchev–Trinajstić information content (AvgIpc) is 2.58. The molecule has 1 aromatic rings. The SMILES string of the molecule is O=C1NC(=O)[C@H](Cc2ccc([N+](=O)[O-])cc2)N1. The summed E-state index contributed by atoms with van der Waals surface area (Å²) in [4.78, 5) is 32.1. The lowest BCUT2D eigenvalue weighted by Crippen LogP contribution is -2.31. The number of imide groups is 1. The lowest BCUT2D eigenvalue weighted by Gasteiger charge is -2.06. The molecule has 1 heterocycles. The molecular weight excluding hydrogens is 226 g/mol. The number of non-ortho nitro benzene ring substituents is 1. The fraction of sp³-hybridized carbons (Fsp3) is 0.200. The molecule has 3 amide bonds. The van der Waals surface area contributed by atoms with E-state index in [1.54, 1.807) is 12.1 Å². The number of urea groups is 1. The third kappa shape index (κ3) is 2.39. The van der Waals surface area contributed by atoms with Crippen LogP contribution >= 0.6 is 0 Å². The van der Waals surface area contributed by atoms with Crippen molar-refractivity contribution in [3.05, 3.63) is 39.9 Å². The van der Waals surface area contributed by atoms with Crippen molar-refractivity contribution in [3.8, 4) is 0 Å². The molecule has 1 saturated heterocycles. The Bertz CT molecular complexity index is 483. The van der Waals surface area contributed by atoms with Gasteiger partial charge in [-0.15, -0.1) is 0 Å². The third-order valence-electron chi connectivity index (χ3n) is 2.45. The van der Waals surface area contributed by atoms with Gasteiger partial charge in [0.05, 0.1) is 4.92 Å². The molecule has 0 unspecified atom stereocenters. The van der Waals surface area contributed by atoms with Crippen LogP contribution in [0.25, 0.3) is 0 Å². The largest absolute Gasteiger partial charge is 0.326 e. The van der Waals surface area contributed by atoms with Crippen molar-refractivity contribution in [2.75, 3.05) is 0 Å². The van der Waals surface area contributed by atoms with Crippen LogP contribution in [0.5, 0.6) is 0 Å². The number of rotatable bonds is 3. The number of carbonyl (C=O) groups is 2. The van der Waals surface area contributed by atoms with Crippen molar-refractivity contribution in [3.63, 3.8) is 0 Å². The van der Waals surface area contributed by atoms with Crippen LogP contribution in [0, 0.1) is 10.1 Å². The zero-order valence-corrected chi connectivity index (χ0v) is 8.67. The fourth-order valence-corrected chi connectivity index (χ4v) is 1.59. The monoisotopic (exact) mass is 235 g/mol. The summed E-state index contributed by atoms with van der Waals surface area (Å²) in [5.74, 6) is -0.381. The van der Waals surface area contributed by atoms with Crippen LogP contribution in [-0.2, 0) is 11.2 Å². The Morgan fingerprint density at radius 2 is 1.88 bits per heavy atom. The molecule has 0 aromatic heterocycles. The summed E-state index contributed by atoms with van der Waals surface area (Å²) in [6.45, 7) is 0. The predicted octanol–water partition coefficient (Wildman–Crippen LogP) is 0.345. The molecule has 7 heteroatoms. The number of nitro benzene ring substituents is 1. The van der Waals surface area contributed by atoms with Gasteiger partial charge in [-0.05, 0) is 5.56 Å². The van der Waals surface area contributed by atoms with E-state index in [0.29, 0.717) is 6.42 Å². The Morgan fingerprint density at radius 1 is 1.24 bits per heavy atom. The lowest BCUT2D eigenvalue weighted by molar-refractivity contribution is -0.384. The topological polar surface area (TPSA) is 101 Å². The molecule has 1 aliphatic heterocycles. The van der Waals surface area contributed by atoms with Crippen LogP contribution in [0.15, 0.2) is 24.3 Å². The molecule has 88 valence electrons. The first-order chi connectivity index (χ1) is 8.06.